The fourth-order valence-corrected chi connectivity index (χ4v) is 4.59. The number of aromatic nitrogens is 1. The van der Waals surface area contributed by atoms with E-state index in [1.54, 1.807) is 0 Å². The van der Waals surface area contributed by atoms with Gasteiger partial charge in [-0.25, -0.2) is 22.1 Å². The van der Waals surface area contributed by atoms with E-state index in [4.69, 9.17) is 11.0 Å². The summed E-state index contributed by atoms with van der Waals surface area (Å²) in [6.45, 7) is -0.408. The molecule has 0 amide bonds. The first-order valence-electron chi connectivity index (χ1n) is 6.73. The van der Waals surface area contributed by atoms with Crippen molar-refractivity contribution in [1.82, 2.24) is 4.98 Å². The molecule has 1 aromatic heterocycles. The number of benzene rings is 2. The van der Waals surface area contributed by atoms with Crippen LogP contribution in [0.25, 0.3) is 10.2 Å². The quantitative estimate of drug-likeness (QED) is 0.568. The fraction of sp³-hybridized carbons (Fsp3) is 0.0667. The van der Waals surface area contributed by atoms with Gasteiger partial charge in [-0.2, -0.15) is 5.26 Å². The summed E-state index contributed by atoms with van der Waals surface area (Å²) in [7, 11) is -3.98. The van der Waals surface area contributed by atoms with Crippen LogP contribution in [0.2, 0.25) is 0 Å². The molecule has 0 unspecified atom stereocenters. The molecule has 0 aliphatic rings. The molecule has 1 heterocycles. The van der Waals surface area contributed by atoms with E-state index >= 15 is 0 Å². The number of fused-ring (bicyclic) bond motifs is 1. The molecule has 0 radical (unpaired) electrons. The molecule has 0 aliphatic carbocycles. The number of nitrogen functional groups attached to an aromatic ring is 1. The van der Waals surface area contributed by atoms with Crippen LogP contribution in [0, 0.1) is 17.1 Å². The van der Waals surface area contributed by atoms with Gasteiger partial charge in [-0.3, -0.25) is 0 Å². The molecule has 2 N–H and O–H groups in total. The Hall–Kier alpha value is -2.70. The normalized spacial score (nSPS) is 11.3. The smallest absolute Gasteiger partial charge is 0.267 e. The number of thiazole rings is 1. The fourth-order valence-electron chi connectivity index (χ4n) is 2.08. The van der Waals surface area contributed by atoms with Crippen molar-refractivity contribution in [3.05, 3.63) is 48.3 Å². The summed E-state index contributed by atoms with van der Waals surface area (Å²) in [5.74, 6) is -0.439. The van der Waals surface area contributed by atoms with Gasteiger partial charge in [0.2, 0.25) is 5.13 Å². The molecular weight excluding hydrogens is 351 g/mol. The van der Waals surface area contributed by atoms with Crippen LogP contribution in [0.4, 0.5) is 15.2 Å². The highest BCUT2D eigenvalue weighted by atomic mass is 32.2. The van der Waals surface area contributed by atoms with Gasteiger partial charge in [-0.15, -0.1) is 0 Å². The summed E-state index contributed by atoms with van der Waals surface area (Å²) in [4.78, 5) is 4.20. The van der Waals surface area contributed by atoms with E-state index < -0.39 is 22.4 Å². The number of hydrogen-bond acceptors (Lipinski definition) is 6. The van der Waals surface area contributed by atoms with E-state index in [0.29, 0.717) is 15.9 Å². The minimum atomic E-state index is -3.98. The van der Waals surface area contributed by atoms with Gasteiger partial charge in [0.1, 0.15) is 12.4 Å². The lowest BCUT2D eigenvalue weighted by atomic mass is 10.3. The molecule has 3 aromatic rings. The van der Waals surface area contributed by atoms with E-state index in [1.807, 2.05) is 6.07 Å². The SMILES string of the molecule is N#CCN(c1nc2ccc(F)cc2s1)S(=O)(=O)c1ccc(N)cc1. The molecule has 0 saturated heterocycles. The molecule has 9 heteroatoms. The van der Waals surface area contributed by atoms with Crippen molar-refractivity contribution in [3.63, 3.8) is 0 Å². The zero-order chi connectivity index (χ0) is 17.3. The highest BCUT2D eigenvalue weighted by Crippen LogP contribution is 2.32. The van der Waals surface area contributed by atoms with Crippen LogP contribution >= 0.6 is 11.3 Å². The van der Waals surface area contributed by atoms with E-state index in [-0.39, 0.29) is 10.0 Å². The van der Waals surface area contributed by atoms with Crippen molar-refractivity contribution in [2.24, 2.45) is 0 Å². The van der Waals surface area contributed by atoms with Crippen LogP contribution in [0.15, 0.2) is 47.4 Å². The van der Waals surface area contributed by atoms with Crippen molar-refractivity contribution >= 4 is 42.4 Å². The van der Waals surface area contributed by atoms with Crippen LogP contribution in [-0.2, 0) is 10.0 Å². The van der Waals surface area contributed by atoms with Crippen LogP contribution in [0.1, 0.15) is 0 Å². The number of halogens is 1. The Labute approximate surface area is 141 Å². The average Bonchev–Trinajstić information content (AvgIpc) is 2.95. The molecule has 0 atom stereocenters. The van der Waals surface area contributed by atoms with Crippen molar-refractivity contribution in [1.29, 1.82) is 5.26 Å². The molecule has 6 nitrogen and oxygen atoms in total. The summed E-state index contributed by atoms with van der Waals surface area (Å²) in [6.07, 6.45) is 0. The van der Waals surface area contributed by atoms with E-state index in [0.717, 1.165) is 15.6 Å². The summed E-state index contributed by atoms with van der Waals surface area (Å²) >= 11 is 1.00. The van der Waals surface area contributed by atoms with Gasteiger partial charge in [0.05, 0.1) is 21.2 Å². The van der Waals surface area contributed by atoms with Crippen LogP contribution < -0.4 is 10.0 Å². The lowest BCUT2D eigenvalue weighted by Crippen LogP contribution is -2.31. The molecule has 2 aromatic carbocycles. The van der Waals surface area contributed by atoms with Crippen molar-refractivity contribution < 1.29 is 12.8 Å². The third-order valence-corrected chi connectivity index (χ3v) is 6.14. The number of sulfonamides is 1. The zero-order valence-corrected chi connectivity index (χ0v) is 13.8. The Kier molecular flexibility index (Phi) is 4.09. The van der Waals surface area contributed by atoms with Crippen LogP contribution in [0.3, 0.4) is 0 Å². The first-order valence-corrected chi connectivity index (χ1v) is 8.99. The van der Waals surface area contributed by atoms with Crippen molar-refractivity contribution in [3.8, 4) is 6.07 Å². The summed E-state index contributed by atoms with van der Waals surface area (Å²) in [5, 5.41) is 9.12. The monoisotopic (exact) mass is 362 g/mol. The Morgan fingerprint density at radius 2 is 1.96 bits per heavy atom. The lowest BCUT2D eigenvalue weighted by molar-refractivity contribution is 0.593. The third kappa shape index (κ3) is 2.89. The Morgan fingerprint density at radius 1 is 1.25 bits per heavy atom. The lowest BCUT2D eigenvalue weighted by Gasteiger charge is -2.18. The third-order valence-electron chi connectivity index (χ3n) is 3.23. The van der Waals surface area contributed by atoms with Crippen LogP contribution in [0.5, 0.6) is 0 Å². The predicted molar refractivity (Wildman–Crippen MR) is 90.6 cm³/mol. The maximum atomic E-state index is 13.3. The molecule has 122 valence electrons. The summed E-state index contributed by atoms with van der Waals surface area (Å²) < 4.78 is 40.3. The standard InChI is InChI=1S/C15H11FN4O2S2/c16-10-1-6-13-14(9-10)23-15(19-13)20(8-7-17)24(21,22)12-4-2-11(18)3-5-12/h1-6,9H,8,18H2. The summed E-state index contributed by atoms with van der Waals surface area (Å²) in [6, 6.07) is 11.5. The Morgan fingerprint density at radius 3 is 2.62 bits per heavy atom. The van der Waals surface area contributed by atoms with Crippen molar-refractivity contribution in [2.45, 2.75) is 4.90 Å². The van der Waals surface area contributed by atoms with Gasteiger partial charge >= 0.3 is 0 Å². The maximum Gasteiger partial charge on any atom is 0.267 e. The van der Waals surface area contributed by atoms with E-state index in [2.05, 4.69) is 4.98 Å². The molecule has 0 aliphatic heterocycles. The maximum absolute atomic E-state index is 13.3. The topological polar surface area (TPSA) is 100 Å². The van der Waals surface area contributed by atoms with Gasteiger partial charge in [0.15, 0.2) is 0 Å². The Balaban J connectivity index is 2.11. The second kappa shape index (κ2) is 6.07. The van der Waals surface area contributed by atoms with Gasteiger partial charge in [0.25, 0.3) is 10.0 Å². The molecule has 0 fully saturated rings. The average molecular weight is 362 g/mol. The predicted octanol–water partition coefficient (Wildman–Crippen LogP) is 2.74. The summed E-state index contributed by atoms with van der Waals surface area (Å²) in [5.41, 5.74) is 6.47. The number of nitriles is 1. The molecule has 0 bridgehead atoms. The minimum Gasteiger partial charge on any atom is -0.399 e. The van der Waals surface area contributed by atoms with Gasteiger partial charge < -0.3 is 5.73 Å². The first kappa shape index (κ1) is 16.2. The largest absolute Gasteiger partial charge is 0.399 e. The zero-order valence-electron chi connectivity index (χ0n) is 12.2. The second-order valence-corrected chi connectivity index (χ2v) is 7.72. The minimum absolute atomic E-state index is 0.00242. The molecular formula is C15H11FN4O2S2. The number of rotatable bonds is 4. The number of nitrogens with two attached hydrogens (primary N) is 1. The molecule has 0 saturated carbocycles. The molecule has 24 heavy (non-hydrogen) atoms. The number of anilines is 2. The molecule has 3 rings (SSSR count). The first-order chi connectivity index (χ1) is 11.4. The molecule has 0 spiro atoms. The van der Waals surface area contributed by atoms with Crippen LogP contribution in [-0.4, -0.2) is 19.9 Å². The number of nitrogens with zero attached hydrogens (tertiary/aromatic N) is 3. The van der Waals surface area contributed by atoms with Gasteiger partial charge in [-0.1, -0.05) is 11.3 Å². The number of hydrogen-bond donors (Lipinski definition) is 1. The van der Waals surface area contributed by atoms with Gasteiger partial charge in [0, 0.05) is 5.69 Å². The van der Waals surface area contributed by atoms with E-state index in [9.17, 15) is 12.8 Å². The van der Waals surface area contributed by atoms with Gasteiger partial charge in [-0.05, 0) is 42.5 Å². The highest BCUT2D eigenvalue weighted by Gasteiger charge is 2.27. The van der Waals surface area contributed by atoms with E-state index in [1.165, 1.54) is 42.5 Å². The second-order valence-electron chi connectivity index (χ2n) is 4.85. The Bertz CT molecular complexity index is 1040. The van der Waals surface area contributed by atoms with Crippen molar-refractivity contribution in [2.75, 3.05) is 16.6 Å². The highest BCUT2D eigenvalue weighted by molar-refractivity contribution is 7.93.